The number of pyridine rings is 1. The van der Waals surface area contributed by atoms with Crippen LogP contribution in [0.1, 0.15) is 49.9 Å². The molecule has 0 spiro atoms. The van der Waals surface area contributed by atoms with Crippen LogP contribution in [0.2, 0.25) is 0 Å². The smallest absolute Gasteiger partial charge is 0.0635 e. The van der Waals surface area contributed by atoms with E-state index in [1.54, 1.807) is 0 Å². The van der Waals surface area contributed by atoms with Gasteiger partial charge in [-0.25, -0.2) is 0 Å². The Bertz CT molecular complexity index is 2030. The van der Waals surface area contributed by atoms with Crippen molar-refractivity contribution in [3.63, 3.8) is 0 Å². The first-order chi connectivity index (χ1) is 22.4. The van der Waals surface area contributed by atoms with Crippen molar-refractivity contribution in [1.29, 1.82) is 0 Å². The summed E-state index contributed by atoms with van der Waals surface area (Å²) in [5.74, 6) is 0. The third-order valence-electron chi connectivity index (χ3n) is 10.5. The van der Waals surface area contributed by atoms with Gasteiger partial charge in [0.1, 0.15) is 0 Å². The monoisotopic (exact) mass is 593 g/mol. The lowest BCUT2D eigenvalue weighted by Crippen LogP contribution is -2.31. The van der Waals surface area contributed by atoms with Crippen LogP contribution < -0.4 is 9.80 Å². The SMILES string of the molecule is CC1(C)c2ccccc2N(c2c3ccccc3c(N3c4ccccc4C(C)(C)c4ccccc43)c3cnccc23)c2ccccc21. The highest BCUT2D eigenvalue weighted by Gasteiger charge is 2.40. The number of aromatic nitrogens is 1. The van der Waals surface area contributed by atoms with Crippen LogP contribution in [0, 0.1) is 0 Å². The highest BCUT2D eigenvalue weighted by molar-refractivity contribution is 6.23. The van der Waals surface area contributed by atoms with Crippen LogP contribution in [0.3, 0.4) is 0 Å². The predicted molar refractivity (Wildman–Crippen MR) is 193 cm³/mol. The summed E-state index contributed by atoms with van der Waals surface area (Å²) in [4.78, 5) is 9.77. The van der Waals surface area contributed by atoms with Gasteiger partial charge in [-0.3, -0.25) is 4.98 Å². The van der Waals surface area contributed by atoms with Gasteiger partial charge in [-0.1, -0.05) is 125 Å². The fraction of sp³-hybridized carbons (Fsp3) is 0.140. The zero-order valence-corrected chi connectivity index (χ0v) is 26.6. The van der Waals surface area contributed by atoms with Gasteiger partial charge in [0.2, 0.25) is 0 Å². The van der Waals surface area contributed by atoms with Crippen LogP contribution in [0.5, 0.6) is 0 Å². The summed E-state index contributed by atoms with van der Waals surface area (Å²) >= 11 is 0. The van der Waals surface area contributed by atoms with Crippen molar-refractivity contribution in [2.24, 2.45) is 0 Å². The number of para-hydroxylation sites is 4. The summed E-state index contributed by atoms with van der Waals surface area (Å²) in [6.45, 7) is 9.38. The molecule has 2 aliphatic rings. The molecule has 222 valence electrons. The normalized spacial score (nSPS) is 15.7. The van der Waals surface area contributed by atoms with Crippen molar-refractivity contribution in [2.45, 2.75) is 38.5 Å². The third kappa shape index (κ3) is 3.51. The van der Waals surface area contributed by atoms with Gasteiger partial charge < -0.3 is 9.80 Å². The molecule has 7 aromatic rings. The summed E-state index contributed by atoms with van der Waals surface area (Å²) in [5, 5.41) is 4.70. The summed E-state index contributed by atoms with van der Waals surface area (Å²) in [7, 11) is 0. The molecule has 0 bridgehead atoms. The fourth-order valence-electron chi connectivity index (χ4n) is 8.28. The predicted octanol–water partition coefficient (Wildman–Crippen LogP) is 11.6. The van der Waals surface area contributed by atoms with Crippen molar-refractivity contribution in [3.05, 3.63) is 162 Å². The lowest BCUT2D eigenvalue weighted by molar-refractivity contribution is 0.632. The van der Waals surface area contributed by atoms with Gasteiger partial charge in [0.15, 0.2) is 0 Å². The van der Waals surface area contributed by atoms with Crippen molar-refractivity contribution in [3.8, 4) is 0 Å². The Morgan fingerprint density at radius 1 is 0.391 bits per heavy atom. The summed E-state index contributed by atoms with van der Waals surface area (Å²) in [6.07, 6.45) is 4.01. The molecule has 0 fully saturated rings. The Morgan fingerprint density at radius 2 is 0.717 bits per heavy atom. The van der Waals surface area contributed by atoms with Crippen molar-refractivity contribution < 1.29 is 0 Å². The van der Waals surface area contributed by atoms with E-state index in [0.29, 0.717) is 0 Å². The van der Waals surface area contributed by atoms with E-state index in [4.69, 9.17) is 4.98 Å². The van der Waals surface area contributed by atoms with Crippen LogP contribution in [0.25, 0.3) is 21.5 Å². The number of nitrogens with zero attached hydrogens (tertiary/aromatic N) is 3. The summed E-state index contributed by atoms with van der Waals surface area (Å²) < 4.78 is 0. The van der Waals surface area contributed by atoms with E-state index in [1.165, 1.54) is 66.8 Å². The first-order valence-electron chi connectivity index (χ1n) is 16.2. The highest BCUT2D eigenvalue weighted by atomic mass is 15.2. The third-order valence-corrected chi connectivity index (χ3v) is 10.5. The Morgan fingerprint density at radius 3 is 1.13 bits per heavy atom. The van der Waals surface area contributed by atoms with E-state index in [1.807, 2.05) is 6.20 Å². The fourth-order valence-corrected chi connectivity index (χ4v) is 8.28. The zero-order chi connectivity index (χ0) is 31.2. The topological polar surface area (TPSA) is 19.4 Å². The van der Waals surface area contributed by atoms with E-state index in [0.717, 1.165) is 11.1 Å². The van der Waals surface area contributed by atoms with E-state index in [2.05, 4.69) is 171 Å². The lowest BCUT2D eigenvalue weighted by atomic mass is 9.73. The Hall–Kier alpha value is -5.41. The standard InChI is InChI=1S/C43H35N3/c1-42(2)32-17-7-11-21-36(32)45(37-22-12-8-18-33(37)42)40-28-15-5-6-16-29(28)41(31-27-44-26-25-30(31)40)46-38-23-13-9-19-34(38)43(3,4)35-20-10-14-24-39(35)46/h5-27H,1-4H3. The van der Waals surface area contributed by atoms with Gasteiger partial charge in [0.05, 0.1) is 34.1 Å². The molecule has 0 saturated carbocycles. The lowest BCUT2D eigenvalue weighted by Gasteiger charge is -2.44. The quantitative estimate of drug-likeness (QED) is 0.186. The average molecular weight is 594 g/mol. The van der Waals surface area contributed by atoms with Gasteiger partial charge in [0, 0.05) is 44.8 Å². The first-order valence-corrected chi connectivity index (χ1v) is 16.2. The maximum absolute atomic E-state index is 4.77. The minimum atomic E-state index is -0.137. The number of benzene rings is 6. The molecule has 3 nitrogen and oxygen atoms in total. The second-order valence-corrected chi connectivity index (χ2v) is 13.7. The van der Waals surface area contributed by atoms with Crippen LogP contribution in [0.15, 0.2) is 140 Å². The molecular formula is C43H35N3. The van der Waals surface area contributed by atoms with Crippen LogP contribution >= 0.6 is 0 Å². The number of fused-ring (bicyclic) bond motifs is 6. The Balaban J connectivity index is 1.43. The second-order valence-electron chi connectivity index (χ2n) is 13.7. The zero-order valence-electron chi connectivity index (χ0n) is 26.6. The van der Waals surface area contributed by atoms with E-state index in [-0.39, 0.29) is 10.8 Å². The molecule has 2 aliphatic heterocycles. The molecule has 0 aliphatic carbocycles. The largest absolute Gasteiger partial charge is 0.309 e. The molecular weight excluding hydrogens is 558 g/mol. The number of hydrogen-bond donors (Lipinski definition) is 0. The van der Waals surface area contributed by atoms with Crippen LogP contribution in [-0.4, -0.2) is 4.98 Å². The number of anilines is 6. The number of hydrogen-bond acceptors (Lipinski definition) is 3. The molecule has 0 saturated heterocycles. The van der Waals surface area contributed by atoms with Gasteiger partial charge in [0.25, 0.3) is 0 Å². The van der Waals surface area contributed by atoms with Gasteiger partial charge in [-0.05, 0) is 52.6 Å². The molecule has 1 aromatic heterocycles. The van der Waals surface area contributed by atoms with E-state index < -0.39 is 0 Å². The average Bonchev–Trinajstić information content (AvgIpc) is 3.09. The van der Waals surface area contributed by atoms with Crippen LogP contribution in [0.4, 0.5) is 34.1 Å². The summed E-state index contributed by atoms with van der Waals surface area (Å²) in [6, 6.07) is 46.7. The first kappa shape index (κ1) is 26.9. The number of rotatable bonds is 2. The molecule has 6 aromatic carbocycles. The molecule has 46 heavy (non-hydrogen) atoms. The Labute approximate surface area is 270 Å². The summed E-state index contributed by atoms with van der Waals surface area (Å²) in [5.41, 5.74) is 12.2. The maximum atomic E-state index is 4.77. The van der Waals surface area contributed by atoms with Gasteiger partial charge in [-0.2, -0.15) is 0 Å². The maximum Gasteiger partial charge on any atom is 0.0635 e. The molecule has 0 amide bonds. The van der Waals surface area contributed by atoms with Crippen molar-refractivity contribution >= 4 is 55.7 Å². The molecule has 3 heterocycles. The molecule has 0 radical (unpaired) electrons. The highest BCUT2D eigenvalue weighted by Crippen LogP contribution is 2.58. The van der Waals surface area contributed by atoms with E-state index in [9.17, 15) is 0 Å². The molecule has 9 rings (SSSR count). The minimum absolute atomic E-state index is 0.134. The minimum Gasteiger partial charge on any atom is -0.309 e. The second kappa shape index (κ2) is 9.55. The van der Waals surface area contributed by atoms with Crippen LogP contribution in [-0.2, 0) is 10.8 Å². The Kier molecular flexibility index (Phi) is 5.59. The molecule has 0 N–H and O–H groups in total. The molecule has 0 atom stereocenters. The van der Waals surface area contributed by atoms with Gasteiger partial charge >= 0.3 is 0 Å². The van der Waals surface area contributed by atoms with E-state index >= 15 is 0 Å². The van der Waals surface area contributed by atoms with Gasteiger partial charge in [-0.15, -0.1) is 0 Å². The van der Waals surface area contributed by atoms with Crippen molar-refractivity contribution in [2.75, 3.05) is 9.80 Å². The van der Waals surface area contributed by atoms with Crippen molar-refractivity contribution in [1.82, 2.24) is 4.98 Å². The molecule has 0 unspecified atom stereocenters. The molecule has 3 heteroatoms.